The van der Waals surface area contributed by atoms with E-state index in [4.69, 9.17) is 35.7 Å². The third-order valence-electron chi connectivity index (χ3n) is 2.59. The maximum atomic E-state index is 10.6. The van der Waals surface area contributed by atoms with Gasteiger partial charge in [-0.05, 0) is 0 Å². The van der Waals surface area contributed by atoms with Gasteiger partial charge in [0.2, 0.25) is 0 Å². The van der Waals surface area contributed by atoms with Gasteiger partial charge >= 0.3 is 23.9 Å². The van der Waals surface area contributed by atoms with Gasteiger partial charge in [-0.3, -0.25) is 29.0 Å². The van der Waals surface area contributed by atoms with Gasteiger partial charge in [0.05, 0.1) is 39.4 Å². The molecule has 0 unspecified atom stereocenters. The molecule has 15 heteroatoms. The molecule has 0 amide bonds. The summed E-state index contributed by atoms with van der Waals surface area (Å²) in [4.78, 5) is 44.4. The second-order valence-electron chi connectivity index (χ2n) is 5.02. The molecular formula is C13H28N2O13. The molecule has 0 fully saturated rings. The van der Waals surface area contributed by atoms with Crippen LogP contribution in [0.2, 0.25) is 0 Å². The van der Waals surface area contributed by atoms with E-state index in [1.54, 1.807) is 0 Å². The number of nitrogens with zero attached hydrogens (tertiary/aromatic N) is 2. The summed E-state index contributed by atoms with van der Waals surface area (Å²) in [6, 6.07) is 0. The molecule has 0 rings (SSSR count). The third-order valence-corrected chi connectivity index (χ3v) is 2.59. The van der Waals surface area contributed by atoms with Crippen LogP contribution in [0.3, 0.4) is 0 Å². The van der Waals surface area contributed by atoms with Crippen LogP contribution in [0.15, 0.2) is 0 Å². The van der Waals surface area contributed by atoms with Gasteiger partial charge in [-0.15, -0.1) is 0 Å². The molecule has 168 valence electrons. The number of hydrogen-bond acceptors (Lipinski definition) is 9. The fraction of sp³-hybridized carbons (Fsp3) is 0.692. The lowest BCUT2D eigenvalue weighted by molar-refractivity contribution is -0.145. The summed E-state index contributed by atoms with van der Waals surface area (Å²) in [5, 5.41) is 58.5. The number of carboxylic acids is 4. The monoisotopic (exact) mass is 420 g/mol. The second kappa shape index (κ2) is 19.4. The topological polar surface area (TPSA) is 279 Å². The van der Waals surface area contributed by atoms with Crippen molar-refractivity contribution in [2.24, 2.45) is 0 Å². The van der Waals surface area contributed by atoms with Gasteiger partial charge in [0.15, 0.2) is 0 Å². The molecule has 0 aromatic carbocycles. The highest BCUT2D eigenvalue weighted by molar-refractivity contribution is 5.73. The van der Waals surface area contributed by atoms with Crippen LogP contribution in [0.25, 0.3) is 0 Å². The summed E-state index contributed by atoms with van der Waals surface area (Å²) in [5.41, 5.74) is 0. The van der Waals surface area contributed by atoms with Gasteiger partial charge in [0.25, 0.3) is 0 Å². The zero-order valence-electron chi connectivity index (χ0n) is 14.9. The predicted octanol–water partition coefficient (Wildman–Crippen LogP) is -5.39. The number of aliphatic hydroxyl groups is 3. The maximum Gasteiger partial charge on any atom is 0.317 e. The Morgan fingerprint density at radius 1 is 0.607 bits per heavy atom. The Labute approximate surface area is 159 Å². The molecule has 11 N–H and O–H groups in total. The van der Waals surface area contributed by atoms with E-state index in [1.165, 1.54) is 0 Å². The van der Waals surface area contributed by atoms with Gasteiger partial charge in [0, 0.05) is 13.1 Å². The quantitative estimate of drug-likeness (QED) is 0.147. The first-order chi connectivity index (χ1) is 12.0. The van der Waals surface area contributed by atoms with Crippen molar-refractivity contribution in [2.45, 2.75) is 6.10 Å². The van der Waals surface area contributed by atoms with E-state index in [1.807, 2.05) is 0 Å². The standard InChI is InChI=1S/C10H16N2O8.C3H8O3.2H2O/c13-7(14)3-11(4-8(15)16)1-2-12(5-9(17)18)6-10(19)20;4-1-3(6)2-5;;/h1-6H2,(H,13,14)(H,15,16)(H,17,18)(H,19,20);3-6H,1-2H2;2*1H2. The molecule has 0 aromatic heterocycles. The van der Waals surface area contributed by atoms with E-state index in [9.17, 15) is 19.2 Å². The smallest absolute Gasteiger partial charge is 0.317 e. The number of carbonyl (C=O) groups is 4. The van der Waals surface area contributed by atoms with Crippen molar-refractivity contribution in [1.82, 2.24) is 9.80 Å². The summed E-state index contributed by atoms with van der Waals surface area (Å²) < 4.78 is 0. The Bertz CT molecular complexity index is 388. The van der Waals surface area contributed by atoms with Crippen LogP contribution in [0.4, 0.5) is 0 Å². The fourth-order valence-corrected chi connectivity index (χ4v) is 1.53. The van der Waals surface area contributed by atoms with E-state index < -0.39 is 56.2 Å². The van der Waals surface area contributed by atoms with Gasteiger partial charge in [-0.25, -0.2) is 0 Å². The van der Waals surface area contributed by atoms with Crippen LogP contribution >= 0.6 is 0 Å². The Morgan fingerprint density at radius 2 is 0.821 bits per heavy atom. The number of carboxylic acid groups (broad SMARTS) is 4. The lowest BCUT2D eigenvalue weighted by Gasteiger charge is -2.23. The molecule has 0 saturated heterocycles. The maximum absolute atomic E-state index is 10.6. The zero-order valence-corrected chi connectivity index (χ0v) is 14.9. The first kappa shape index (κ1) is 33.2. The minimum absolute atomic E-state index is 0. The minimum Gasteiger partial charge on any atom is -0.480 e. The fourth-order valence-electron chi connectivity index (χ4n) is 1.53. The first-order valence-electron chi connectivity index (χ1n) is 7.23. The van der Waals surface area contributed by atoms with Crippen LogP contribution in [0.5, 0.6) is 0 Å². The lowest BCUT2D eigenvalue weighted by atomic mass is 10.4. The van der Waals surface area contributed by atoms with E-state index in [0.717, 1.165) is 9.80 Å². The van der Waals surface area contributed by atoms with Crippen LogP contribution < -0.4 is 0 Å². The van der Waals surface area contributed by atoms with Gasteiger partial charge < -0.3 is 46.7 Å². The van der Waals surface area contributed by atoms with Gasteiger partial charge in [-0.2, -0.15) is 0 Å². The lowest BCUT2D eigenvalue weighted by Crippen LogP contribution is -2.43. The van der Waals surface area contributed by atoms with Gasteiger partial charge in [0.1, 0.15) is 6.10 Å². The number of hydrogen-bond donors (Lipinski definition) is 7. The van der Waals surface area contributed by atoms with Gasteiger partial charge in [-0.1, -0.05) is 0 Å². The van der Waals surface area contributed by atoms with Crippen molar-refractivity contribution < 1.29 is 65.9 Å². The average Bonchev–Trinajstić information content (AvgIpc) is 2.50. The van der Waals surface area contributed by atoms with E-state index in [-0.39, 0.29) is 37.3 Å². The zero-order chi connectivity index (χ0) is 20.7. The molecule has 0 saturated carbocycles. The molecule has 15 nitrogen and oxygen atoms in total. The molecule has 0 atom stereocenters. The summed E-state index contributed by atoms with van der Waals surface area (Å²) in [6.45, 7) is -2.98. The van der Waals surface area contributed by atoms with Crippen LogP contribution in [-0.2, 0) is 19.2 Å². The molecule has 0 heterocycles. The van der Waals surface area contributed by atoms with Crippen molar-refractivity contribution in [3.8, 4) is 0 Å². The average molecular weight is 420 g/mol. The molecule has 0 bridgehead atoms. The Hall–Kier alpha value is -2.40. The second-order valence-corrected chi connectivity index (χ2v) is 5.02. The molecule has 0 radical (unpaired) electrons. The highest BCUT2D eigenvalue weighted by Crippen LogP contribution is 1.94. The first-order valence-corrected chi connectivity index (χ1v) is 7.23. The van der Waals surface area contributed by atoms with Crippen molar-refractivity contribution in [1.29, 1.82) is 0 Å². The predicted molar refractivity (Wildman–Crippen MR) is 90.8 cm³/mol. The van der Waals surface area contributed by atoms with E-state index >= 15 is 0 Å². The Balaban J connectivity index is -0.000000312. The molecule has 0 aliphatic heterocycles. The molecule has 0 aliphatic rings. The molecular weight excluding hydrogens is 392 g/mol. The van der Waals surface area contributed by atoms with Crippen LogP contribution in [0.1, 0.15) is 0 Å². The summed E-state index contributed by atoms with van der Waals surface area (Å²) in [6.07, 6.45) is -0.954. The highest BCUT2D eigenvalue weighted by Gasteiger charge is 2.17. The molecule has 0 spiro atoms. The normalized spacial score (nSPS) is 9.79. The van der Waals surface area contributed by atoms with Crippen molar-refractivity contribution in [2.75, 3.05) is 52.5 Å². The van der Waals surface area contributed by atoms with E-state index in [0.29, 0.717) is 0 Å². The van der Waals surface area contributed by atoms with Crippen molar-refractivity contribution >= 4 is 23.9 Å². The van der Waals surface area contributed by atoms with E-state index in [2.05, 4.69) is 0 Å². The van der Waals surface area contributed by atoms with Crippen molar-refractivity contribution in [3.63, 3.8) is 0 Å². The molecule has 28 heavy (non-hydrogen) atoms. The summed E-state index contributed by atoms with van der Waals surface area (Å²) in [5.74, 6) is -4.91. The Kier molecular flexibility index (Phi) is 23.0. The number of aliphatic carboxylic acids is 4. The SMILES string of the molecule is O.O.O=C(O)CN(CCN(CC(=O)O)CC(=O)O)CC(=O)O.OCC(O)CO. The summed E-state index contributed by atoms with van der Waals surface area (Å²) >= 11 is 0. The molecule has 0 aliphatic carbocycles. The number of aliphatic hydroxyl groups excluding tert-OH is 3. The third kappa shape index (κ3) is 23.6. The minimum atomic E-state index is -1.23. The van der Waals surface area contributed by atoms with Crippen LogP contribution in [0, 0.1) is 0 Å². The van der Waals surface area contributed by atoms with Crippen molar-refractivity contribution in [3.05, 3.63) is 0 Å². The molecule has 0 aromatic rings. The van der Waals surface area contributed by atoms with Crippen LogP contribution in [-0.4, -0.2) is 139 Å². The Morgan fingerprint density at radius 3 is 0.929 bits per heavy atom. The highest BCUT2D eigenvalue weighted by atomic mass is 16.4. The summed E-state index contributed by atoms with van der Waals surface area (Å²) in [7, 11) is 0. The number of rotatable bonds is 13. The largest absolute Gasteiger partial charge is 0.480 e.